The van der Waals surface area contributed by atoms with Crippen LogP contribution in [0.25, 0.3) is 0 Å². The van der Waals surface area contributed by atoms with Crippen molar-refractivity contribution in [3.05, 3.63) is 23.8 Å². The van der Waals surface area contributed by atoms with E-state index in [1.807, 2.05) is 0 Å². The summed E-state index contributed by atoms with van der Waals surface area (Å²) >= 11 is 0. The Bertz CT molecular complexity index is 745. The summed E-state index contributed by atoms with van der Waals surface area (Å²) in [5.41, 5.74) is 0.567. The Kier molecular flexibility index (Phi) is 4.57. The van der Waals surface area contributed by atoms with E-state index in [0.29, 0.717) is 17.7 Å². The zero-order chi connectivity index (χ0) is 17.5. The Morgan fingerprint density at radius 2 is 2.00 bits per heavy atom. The molecule has 1 heterocycles. The molecule has 3 atom stereocenters. The van der Waals surface area contributed by atoms with Crippen molar-refractivity contribution in [1.29, 1.82) is 0 Å². The molecule has 1 aliphatic heterocycles. The number of ether oxygens (including phenoxy) is 1. The number of sulfonamides is 1. The average molecular weight is 353 g/mol. The molecule has 132 valence electrons. The van der Waals surface area contributed by atoms with Crippen molar-refractivity contribution in [3.63, 3.8) is 0 Å². The summed E-state index contributed by atoms with van der Waals surface area (Å²) in [7, 11) is -2.34. The highest BCUT2D eigenvalue weighted by Crippen LogP contribution is 2.43. The van der Waals surface area contributed by atoms with Gasteiger partial charge in [0.05, 0.1) is 12.0 Å². The smallest absolute Gasteiger partial charge is 0.322 e. The first-order chi connectivity index (χ1) is 11.4. The van der Waals surface area contributed by atoms with Gasteiger partial charge in [-0.2, -0.15) is 4.31 Å². The van der Waals surface area contributed by atoms with E-state index < -0.39 is 22.0 Å². The minimum absolute atomic E-state index is 0.146. The third-order valence-corrected chi connectivity index (χ3v) is 7.35. The minimum atomic E-state index is -3.86. The number of carboxylic acids is 1. The molecule has 1 saturated carbocycles. The van der Waals surface area contributed by atoms with Gasteiger partial charge in [0.15, 0.2) is 0 Å². The zero-order valence-corrected chi connectivity index (χ0v) is 14.8. The lowest BCUT2D eigenvalue weighted by Gasteiger charge is -2.32. The van der Waals surface area contributed by atoms with E-state index in [-0.39, 0.29) is 16.9 Å². The van der Waals surface area contributed by atoms with Gasteiger partial charge < -0.3 is 9.84 Å². The van der Waals surface area contributed by atoms with Gasteiger partial charge in [-0.25, -0.2) is 8.42 Å². The molecule has 2 aliphatic rings. The Labute approximate surface area is 142 Å². The van der Waals surface area contributed by atoms with Gasteiger partial charge in [0.1, 0.15) is 11.8 Å². The van der Waals surface area contributed by atoms with E-state index in [2.05, 4.69) is 0 Å². The molecule has 0 radical (unpaired) electrons. The molecule has 1 aromatic carbocycles. The lowest BCUT2D eigenvalue weighted by Crippen LogP contribution is -2.46. The van der Waals surface area contributed by atoms with Gasteiger partial charge in [-0.3, -0.25) is 4.79 Å². The van der Waals surface area contributed by atoms with Crippen LogP contribution in [0.15, 0.2) is 23.1 Å². The van der Waals surface area contributed by atoms with Gasteiger partial charge in [0.25, 0.3) is 0 Å². The van der Waals surface area contributed by atoms with E-state index in [0.717, 1.165) is 25.7 Å². The quantitative estimate of drug-likeness (QED) is 0.899. The second-order valence-electron chi connectivity index (χ2n) is 6.67. The molecule has 3 unspecified atom stereocenters. The number of hydrogen-bond acceptors (Lipinski definition) is 4. The van der Waals surface area contributed by atoms with Crippen molar-refractivity contribution >= 4 is 16.0 Å². The first-order valence-corrected chi connectivity index (χ1v) is 9.71. The van der Waals surface area contributed by atoms with E-state index in [1.165, 1.54) is 17.5 Å². The number of carboxylic acid groups (broad SMARTS) is 1. The predicted molar refractivity (Wildman–Crippen MR) is 88.5 cm³/mol. The normalized spacial score (nSPS) is 27.7. The molecule has 0 aromatic heterocycles. The summed E-state index contributed by atoms with van der Waals surface area (Å²) < 4.78 is 32.9. The SMILES string of the molecule is COc1ccc(S(=O)(=O)N2C(C(=O)O)CC3CCCCC32)c(C)c1. The number of hydrogen-bond donors (Lipinski definition) is 1. The van der Waals surface area contributed by atoms with Crippen LogP contribution < -0.4 is 4.74 Å². The molecule has 6 nitrogen and oxygen atoms in total. The molecule has 0 amide bonds. The predicted octanol–water partition coefficient (Wildman–Crippen LogP) is 2.41. The zero-order valence-electron chi connectivity index (χ0n) is 13.9. The molecule has 1 saturated heterocycles. The van der Waals surface area contributed by atoms with Gasteiger partial charge >= 0.3 is 5.97 Å². The highest BCUT2D eigenvalue weighted by molar-refractivity contribution is 7.89. The van der Waals surface area contributed by atoms with Crippen molar-refractivity contribution < 1.29 is 23.1 Å². The number of carbonyl (C=O) groups is 1. The molecule has 1 N–H and O–H groups in total. The number of aliphatic carboxylic acids is 1. The number of rotatable bonds is 4. The van der Waals surface area contributed by atoms with Crippen LogP contribution in [0.2, 0.25) is 0 Å². The maximum Gasteiger partial charge on any atom is 0.322 e. The molecule has 0 spiro atoms. The minimum Gasteiger partial charge on any atom is -0.497 e. The van der Waals surface area contributed by atoms with E-state index >= 15 is 0 Å². The maximum absolute atomic E-state index is 13.2. The van der Waals surface area contributed by atoms with Crippen LogP contribution in [0.3, 0.4) is 0 Å². The van der Waals surface area contributed by atoms with Crippen LogP contribution in [0, 0.1) is 12.8 Å². The number of fused-ring (bicyclic) bond motifs is 1. The molecular formula is C17H23NO5S. The summed E-state index contributed by atoms with van der Waals surface area (Å²) in [6, 6.07) is 3.61. The maximum atomic E-state index is 13.2. The second-order valence-corrected chi connectivity index (χ2v) is 8.48. The van der Waals surface area contributed by atoms with Crippen molar-refractivity contribution in [1.82, 2.24) is 4.31 Å². The molecule has 24 heavy (non-hydrogen) atoms. The van der Waals surface area contributed by atoms with E-state index in [4.69, 9.17) is 4.74 Å². The lowest BCUT2D eigenvalue weighted by molar-refractivity contribution is -0.141. The highest BCUT2D eigenvalue weighted by Gasteiger charge is 2.51. The van der Waals surface area contributed by atoms with E-state index in [1.54, 1.807) is 19.1 Å². The first-order valence-electron chi connectivity index (χ1n) is 8.27. The van der Waals surface area contributed by atoms with Gasteiger partial charge in [-0.15, -0.1) is 0 Å². The standard InChI is InChI=1S/C17H23NO5S/c1-11-9-13(23-2)7-8-16(11)24(21,22)18-14-6-4-3-5-12(14)10-15(18)17(19)20/h7-9,12,14-15H,3-6,10H2,1-2H3,(H,19,20). The highest BCUT2D eigenvalue weighted by atomic mass is 32.2. The van der Waals surface area contributed by atoms with Crippen molar-refractivity contribution in [2.24, 2.45) is 5.92 Å². The summed E-state index contributed by atoms with van der Waals surface area (Å²) in [5.74, 6) is -0.328. The number of nitrogens with zero attached hydrogens (tertiary/aromatic N) is 1. The van der Waals surface area contributed by atoms with Crippen LogP contribution in [0.4, 0.5) is 0 Å². The average Bonchev–Trinajstić information content (AvgIpc) is 2.95. The van der Waals surface area contributed by atoms with Gasteiger partial charge in [-0.05, 0) is 55.9 Å². The van der Waals surface area contributed by atoms with Crippen LogP contribution in [-0.2, 0) is 14.8 Å². The number of benzene rings is 1. The summed E-state index contributed by atoms with van der Waals surface area (Å²) in [6.45, 7) is 1.71. The molecule has 2 fully saturated rings. The Morgan fingerprint density at radius 1 is 1.29 bits per heavy atom. The summed E-state index contributed by atoms with van der Waals surface area (Å²) in [5, 5.41) is 9.57. The van der Waals surface area contributed by atoms with Gasteiger partial charge in [0, 0.05) is 6.04 Å². The van der Waals surface area contributed by atoms with Crippen molar-refractivity contribution in [3.8, 4) is 5.75 Å². The molecular weight excluding hydrogens is 330 g/mol. The lowest BCUT2D eigenvalue weighted by atomic mass is 9.85. The Morgan fingerprint density at radius 3 is 2.62 bits per heavy atom. The van der Waals surface area contributed by atoms with E-state index in [9.17, 15) is 18.3 Å². The summed E-state index contributed by atoms with van der Waals surface area (Å²) in [6.07, 6.45) is 4.05. The molecule has 7 heteroatoms. The van der Waals surface area contributed by atoms with Crippen LogP contribution in [-0.4, -0.2) is 43.0 Å². The Balaban J connectivity index is 2.04. The van der Waals surface area contributed by atoms with Crippen LogP contribution in [0.5, 0.6) is 5.75 Å². The second kappa shape index (κ2) is 6.37. The molecule has 1 aromatic rings. The first kappa shape index (κ1) is 17.2. The third-order valence-electron chi connectivity index (χ3n) is 5.25. The van der Waals surface area contributed by atoms with Crippen LogP contribution in [0.1, 0.15) is 37.7 Å². The topological polar surface area (TPSA) is 83.9 Å². The van der Waals surface area contributed by atoms with Gasteiger partial charge in [0.2, 0.25) is 10.0 Å². The fourth-order valence-corrected chi connectivity index (χ4v) is 6.21. The monoisotopic (exact) mass is 353 g/mol. The van der Waals surface area contributed by atoms with Crippen molar-refractivity contribution in [2.75, 3.05) is 7.11 Å². The van der Waals surface area contributed by atoms with Gasteiger partial charge in [-0.1, -0.05) is 12.8 Å². The molecule has 0 bridgehead atoms. The number of methoxy groups -OCH3 is 1. The van der Waals surface area contributed by atoms with Crippen molar-refractivity contribution in [2.45, 2.75) is 56.0 Å². The molecule has 3 rings (SSSR count). The third kappa shape index (κ3) is 2.80. The van der Waals surface area contributed by atoms with Crippen LogP contribution >= 0.6 is 0 Å². The fourth-order valence-electron chi connectivity index (χ4n) is 4.13. The fraction of sp³-hybridized carbons (Fsp3) is 0.588. The molecule has 1 aliphatic carbocycles. The Hall–Kier alpha value is -1.60. The largest absolute Gasteiger partial charge is 0.497 e. The number of aryl methyl sites for hydroxylation is 1. The summed E-state index contributed by atoms with van der Waals surface area (Å²) in [4.78, 5) is 11.9.